The SMILES string of the molecule is O=C1S/C(=C\c2cc([N+](=O)[O-])ccc2Cl)C(=O)N1Cc1cc2c(cc1Cl)OCO2. The van der Waals surface area contributed by atoms with Gasteiger partial charge in [-0.05, 0) is 35.5 Å². The molecule has 11 heteroatoms. The highest BCUT2D eigenvalue weighted by Gasteiger charge is 2.36. The Hall–Kier alpha value is -2.75. The molecule has 29 heavy (non-hydrogen) atoms. The van der Waals surface area contributed by atoms with Crippen LogP contribution < -0.4 is 9.47 Å². The fourth-order valence-electron chi connectivity index (χ4n) is 2.78. The summed E-state index contributed by atoms with van der Waals surface area (Å²) < 4.78 is 10.5. The van der Waals surface area contributed by atoms with E-state index >= 15 is 0 Å². The van der Waals surface area contributed by atoms with Gasteiger partial charge in [0.15, 0.2) is 11.5 Å². The lowest BCUT2D eigenvalue weighted by molar-refractivity contribution is -0.384. The number of hydrogen-bond acceptors (Lipinski definition) is 7. The van der Waals surface area contributed by atoms with E-state index in [0.29, 0.717) is 22.1 Å². The summed E-state index contributed by atoms with van der Waals surface area (Å²) in [6.07, 6.45) is 1.36. The molecule has 0 atom stereocenters. The summed E-state index contributed by atoms with van der Waals surface area (Å²) in [4.78, 5) is 36.7. The van der Waals surface area contributed by atoms with Crippen molar-refractivity contribution in [2.75, 3.05) is 6.79 Å². The Labute approximate surface area is 178 Å². The Morgan fingerprint density at radius 2 is 1.86 bits per heavy atom. The van der Waals surface area contributed by atoms with Crippen molar-refractivity contribution in [3.8, 4) is 11.5 Å². The van der Waals surface area contributed by atoms with Crippen LogP contribution in [0.2, 0.25) is 10.0 Å². The van der Waals surface area contributed by atoms with E-state index in [-0.39, 0.29) is 34.5 Å². The Morgan fingerprint density at radius 1 is 1.14 bits per heavy atom. The highest BCUT2D eigenvalue weighted by atomic mass is 35.5. The number of ether oxygens (including phenoxy) is 2. The molecule has 0 unspecified atom stereocenters. The summed E-state index contributed by atoms with van der Waals surface area (Å²) in [6.45, 7) is 0.0174. The summed E-state index contributed by atoms with van der Waals surface area (Å²) in [5, 5.41) is 11.0. The fraction of sp³-hybridized carbons (Fsp3) is 0.111. The zero-order valence-electron chi connectivity index (χ0n) is 14.4. The van der Waals surface area contributed by atoms with E-state index in [1.165, 1.54) is 24.3 Å². The molecule has 2 amide bonds. The van der Waals surface area contributed by atoms with Gasteiger partial charge in [-0.2, -0.15) is 0 Å². The van der Waals surface area contributed by atoms with Crippen LogP contribution in [0.25, 0.3) is 6.08 Å². The van der Waals surface area contributed by atoms with Gasteiger partial charge in [-0.1, -0.05) is 23.2 Å². The third kappa shape index (κ3) is 3.76. The summed E-state index contributed by atoms with van der Waals surface area (Å²) in [5.74, 6) is 0.430. The van der Waals surface area contributed by atoms with Crippen LogP contribution in [0.1, 0.15) is 11.1 Å². The second-order valence-electron chi connectivity index (χ2n) is 6.03. The minimum atomic E-state index is -0.568. The number of hydrogen-bond donors (Lipinski definition) is 0. The second-order valence-corrected chi connectivity index (χ2v) is 7.84. The topological polar surface area (TPSA) is 99.0 Å². The molecule has 0 spiro atoms. The largest absolute Gasteiger partial charge is 0.454 e. The van der Waals surface area contributed by atoms with E-state index in [9.17, 15) is 19.7 Å². The zero-order valence-corrected chi connectivity index (χ0v) is 16.7. The van der Waals surface area contributed by atoms with Gasteiger partial charge < -0.3 is 9.47 Å². The number of carbonyl (C=O) groups is 2. The Morgan fingerprint density at radius 3 is 2.59 bits per heavy atom. The lowest BCUT2D eigenvalue weighted by Gasteiger charge is -2.14. The number of nitro benzene ring substituents is 1. The van der Waals surface area contributed by atoms with Crippen molar-refractivity contribution in [2.24, 2.45) is 0 Å². The first kappa shape index (κ1) is 19.6. The second kappa shape index (κ2) is 7.58. The normalized spacial score (nSPS) is 16.8. The number of benzene rings is 2. The predicted molar refractivity (Wildman–Crippen MR) is 107 cm³/mol. The van der Waals surface area contributed by atoms with E-state index in [4.69, 9.17) is 32.7 Å². The third-order valence-corrected chi connectivity index (χ3v) is 5.82. The van der Waals surface area contributed by atoms with Gasteiger partial charge in [-0.15, -0.1) is 0 Å². The van der Waals surface area contributed by atoms with Gasteiger partial charge in [0, 0.05) is 33.8 Å². The molecule has 1 saturated heterocycles. The maximum atomic E-state index is 12.7. The third-order valence-electron chi connectivity index (χ3n) is 4.22. The lowest BCUT2D eigenvalue weighted by atomic mass is 10.1. The molecule has 0 aliphatic carbocycles. The molecule has 2 aliphatic rings. The van der Waals surface area contributed by atoms with Crippen LogP contribution in [0.4, 0.5) is 10.5 Å². The maximum absolute atomic E-state index is 12.7. The molecule has 2 heterocycles. The van der Waals surface area contributed by atoms with Gasteiger partial charge >= 0.3 is 0 Å². The average molecular weight is 453 g/mol. The van der Waals surface area contributed by atoms with Crippen LogP contribution in [-0.2, 0) is 11.3 Å². The number of fused-ring (bicyclic) bond motifs is 1. The predicted octanol–water partition coefficient (Wildman–Crippen LogP) is 4.87. The quantitative estimate of drug-likeness (QED) is 0.370. The Balaban J connectivity index is 1.61. The van der Waals surface area contributed by atoms with Gasteiger partial charge in [0.1, 0.15) is 0 Å². The molecule has 2 aromatic rings. The monoisotopic (exact) mass is 452 g/mol. The highest BCUT2D eigenvalue weighted by Crippen LogP contribution is 2.39. The minimum absolute atomic E-state index is 0.0554. The summed E-state index contributed by atoms with van der Waals surface area (Å²) in [7, 11) is 0. The van der Waals surface area contributed by atoms with Crippen molar-refractivity contribution in [2.45, 2.75) is 6.54 Å². The molecule has 0 saturated carbocycles. The van der Waals surface area contributed by atoms with Crippen molar-refractivity contribution in [3.05, 3.63) is 66.5 Å². The van der Waals surface area contributed by atoms with Crippen molar-refractivity contribution in [1.82, 2.24) is 4.90 Å². The molecule has 0 aromatic heterocycles. The summed E-state index contributed by atoms with van der Waals surface area (Å²) in [6, 6.07) is 7.05. The first-order valence-electron chi connectivity index (χ1n) is 8.11. The van der Waals surface area contributed by atoms with Gasteiger partial charge in [0.05, 0.1) is 16.4 Å². The van der Waals surface area contributed by atoms with Crippen molar-refractivity contribution >= 4 is 57.9 Å². The van der Waals surface area contributed by atoms with E-state index in [0.717, 1.165) is 16.7 Å². The number of non-ortho nitro benzene ring substituents is 1. The number of amides is 2. The molecule has 4 rings (SSSR count). The molecule has 148 valence electrons. The molecule has 0 N–H and O–H groups in total. The number of nitro groups is 1. The van der Waals surface area contributed by atoms with Gasteiger partial charge in [-0.3, -0.25) is 24.6 Å². The molecule has 2 aromatic carbocycles. The van der Waals surface area contributed by atoms with Gasteiger partial charge in [0.25, 0.3) is 16.8 Å². The van der Waals surface area contributed by atoms with Crippen LogP contribution in [-0.4, -0.2) is 27.8 Å². The number of nitrogens with zero attached hydrogens (tertiary/aromatic N) is 2. The van der Waals surface area contributed by atoms with Crippen LogP contribution >= 0.6 is 35.0 Å². The summed E-state index contributed by atoms with van der Waals surface area (Å²) in [5.41, 5.74) is 0.618. The summed E-state index contributed by atoms with van der Waals surface area (Å²) >= 11 is 13.0. The molecule has 0 radical (unpaired) electrons. The zero-order chi connectivity index (χ0) is 20.7. The number of carbonyl (C=O) groups excluding carboxylic acids is 2. The Kier molecular flexibility index (Phi) is 5.12. The first-order valence-corrected chi connectivity index (χ1v) is 9.68. The lowest BCUT2D eigenvalue weighted by Crippen LogP contribution is -2.27. The molecular weight excluding hydrogens is 443 g/mol. The minimum Gasteiger partial charge on any atom is -0.454 e. The average Bonchev–Trinajstić information content (AvgIpc) is 3.22. The van der Waals surface area contributed by atoms with E-state index in [1.807, 2.05) is 0 Å². The van der Waals surface area contributed by atoms with Crippen LogP contribution in [0.5, 0.6) is 11.5 Å². The van der Waals surface area contributed by atoms with Crippen molar-refractivity contribution in [1.29, 1.82) is 0 Å². The number of thioether (sulfide) groups is 1. The molecule has 8 nitrogen and oxygen atoms in total. The molecule has 0 bridgehead atoms. The highest BCUT2D eigenvalue weighted by molar-refractivity contribution is 8.18. The van der Waals surface area contributed by atoms with Gasteiger partial charge in [-0.25, -0.2) is 0 Å². The van der Waals surface area contributed by atoms with E-state index < -0.39 is 16.1 Å². The van der Waals surface area contributed by atoms with Crippen molar-refractivity contribution in [3.63, 3.8) is 0 Å². The number of rotatable bonds is 4. The fourth-order valence-corrected chi connectivity index (χ4v) is 4.00. The number of imide groups is 1. The first-order chi connectivity index (χ1) is 13.8. The Bertz CT molecular complexity index is 1100. The standard InChI is InChI=1S/C18H10Cl2N2O6S/c19-12-2-1-11(22(25)26)3-9(12)5-16-17(23)21(18(24)29-16)7-10-4-14-15(6-13(10)20)28-8-27-14/h1-6H,7-8H2/b16-5-. The van der Waals surface area contributed by atoms with Crippen molar-refractivity contribution < 1.29 is 24.0 Å². The maximum Gasteiger partial charge on any atom is 0.293 e. The van der Waals surface area contributed by atoms with Crippen LogP contribution in [0.3, 0.4) is 0 Å². The molecule has 1 fully saturated rings. The number of halogens is 2. The van der Waals surface area contributed by atoms with Crippen LogP contribution in [0, 0.1) is 10.1 Å². The van der Waals surface area contributed by atoms with E-state index in [1.54, 1.807) is 12.1 Å². The molecule has 2 aliphatic heterocycles. The smallest absolute Gasteiger partial charge is 0.293 e. The van der Waals surface area contributed by atoms with Gasteiger partial charge in [0.2, 0.25) is 6.79 Å². The molecular formula is C18H10Cl2N2O6S. The van der Waals surface area contributed by atoms with E-state index in [2.05, 4.69) is 0 Å². The van der Waals surface area contributed by atoms with Crippen LogP contribution in [0.15, 0.2) is 35.2 Å².